The predicted molar refractivity (Wildman–Crippen MR) is 237 cm³/mol. The maximum atomic E-state index is 13.5. The molecule has 0 bridgehead atoms. The number of amides is 6. The minimum absolute atomic E-state index is 0.0227. The molecule has 9 rings (SSSR count). The summed E-state index contributed by atoms with van der Waals surface area (Å²) in [6.45, 7) is 3.94. The van der Waals surface area contributed by atoms with Crippen LogP contribution >= 0.6 is 0 Å². The molecule has 2 aromatic heterocycles. The molecule has 0 saturated carbocycles. The van der Waals surface area contributed by atoms with Gasteiger partial charge in [0.2, 0.25) is 11.8 Å². The third-order valence-corrected chi connectivity index (χ3v) is 12.3. The molecule has 20 nitrogen and oxygen atoms in total. The molecule has 66 heavy (non-hydrogen) atoms. The van der Waals surface area contributed by atoms with Gasteiger partial charge in [0, 0.05) is 43.9 Å². The predicted octanol–water partition coefficient (Wildman–Crippen LogP) is 3.49. The van der Waals surface area contributed by atoms with Crippen molar-refractivity contribution in [3.05, 3.63) is 101 Å². The van der Waals surface area contributed by atoms with Crippen molar-refractivity contribution in [1.82, 2.24) is 39.9 Å². The van der Waals surface area contributed by atoms with Crippen molar-refractivity contribution < 1.29 is 43.0 Å². The highest BCUT2D eigenvalue weighted by Crippen LogP contribution is 2.40. The molecular formula is C46H49N11O9. The van der Waals surface area contributed by atoms with Gasteiger partial charge in [0.1, 0.15) is 34.6 Å². The van der Waals surface area contributed by atoms with Crippen LogP contribution in [0.1, 0.15) is 79.7 Å². The summed E-state index contributed by atoms with van der Waals surface area (Å²) in [6.07, 6.45) is 4.11. The number of primary amides is 1. The summed E-state index contributed by atoms with van der Waals surface area (Å²) in [5, 5.41) is 22.0. The first-order valence-electron chi connectivity index (χ1n) is 22.1. The zero-order valence-electron chi connectivity index (χ0n) is 36.0. The van der Waals surface area contributed by atoms with E-state index in [-0.39, 0.29) is 47.5 Å². The zero-order chi connectivity index (χ0) is 45.7. The molecule has 4 aliphatic heterocycles. The van der Waals surface area contributed by atoms with Crippen LogP contribution in [0.15, 0.2) is 79.0 Å². The summed E-state index contributed by atoms with van der Waals surface area (Å²) in [4.78, 5) is 78.9. The number of rotatable bonds is 17. The average Bonchev–Trinajstić information content (AvgIpc) is 4.03. The first-order chi connectivity index (χ1) is 32.1. The number of likely N-dealkylation sites (tertiary alicyclic amines) is 1. The number of fused-ring (bicyclic) bond motifs is 2. The molecule has 2 atom stereocenters. The van der Waals surface area contributed by atoms with E-state index in [0.717, 1.165) is 35.5 Å². The molecule has 342 valence electrons. The summed E-state index contributed by atoms with van der Waals surface area (Å²) < 4.78 is 20.8. The number of benzene rings is 3. The van der Waals surface area contributed by atoms with Crippen LogP contribution in [0.4, 0.5) is 11.5 Å². The lowest BCUT2D eigenvalue weighted by atomic mass is 9.86. The summed E-state index contributed by atoms with van der Waals surface area (Å²) >= 11 is 0. The fourth-order valence-corrected chi connectivity index (χ4v) is 8.96. The first-order valence-corrected chi connectivity index (χ1v) is 22.1. The molecule has 4 aliphatic rings. The first kappa shape index (κ1) is 43.8. The Morgan fingerprint density at radius 3 is 2.33 bits per heavy atom. The van der Waals surface area contributed by atoms with Gasteiger partial charge in [0.05, 0.1) is 56.3 Å². The maximum absolute atomic E-state index is 13.5. The maximum Gasteiger partial charge on any atom is 0.276 e. The number of aromatic nitrogens is 5. The van der Waals surface area contributed by atoms with E-state index >= 15 is 0 Å². The Balaban J connectivity index is 0.689. The number of carbonyl (C=O) groups is 6. The van der Waals surface area contributed by atoms with Crippen LogP contribution in [0.3, 0.4) is 0 Å². The van der Waals surface area contributed by atoms with Crippen molar-refractivity contribution in [1.29, 1.82) is 0 Å². The standard InChI is InChI=1S/C46H49N11O9/c47-41(59)39-40(29-6-9-32(10-7-29)66-31-4-2-1-3-5-31)52-57-36(14-17-49-42(39)57)28-15-19-54(20-16-28)46(63)35-27-55(53-51-35)21-23-65-25-24-64-22-18-48-30-8-11-33-34(26-30)45(62)56(44(33)61)37-12-13-38(58)50-43(37)60/h1-11,26-28,36-37,48-49H,12-25H2,(H2,47,59)(H,50,58,60)/t36-,37?/m0/s1. The fraction of sp³-hybridized carbons (Fsp3) is 0.370. The summed E-state index contributed by atoms with van der Waals surface area (Å²) in [7, 11) is 0. The molecule has 3 aromatic carbocycles. The van der Waals surface area contributed by atoms with Crippen molar-refractivity contribution in [2.75, 3.05) is 63.2 Å². The second kappa shape index (κ2) is 19.3. The Labute approximate surface area is 378 Å². The number of hydrogen-bond acceptors (Lipinski definition) is 14. The summed E-state index contributed by atoms with van der Waals surface area (Å²) in [5.41, 5.74) is 8.86. The van der Waals surface area contributed by atoms with Crippen LogP contribution in [0.5, 0.6) is 11.5 Å². The van der Waals surface area contributed by atoms with Crippen LogP contribution in [-0.2, 0) is 25.6 Å². The monoisotopic (exact) mass is 899 g/mol. The number of nitrogens with zero attached hydrogens (tertiary/aromatic N) is 7. The third-order valence-electron chi connectivity index (χ3n) is 12.3. The number of para-hydroxylation sites is 1. The minimum Gasteiger partial charge on any atom is -0.457 e. The SMILES string of the molecule is NC(=O)c1c(-c2ccc(Oc3ccccc3)cc2)nn2c1NCC[C@H]2C1CCN(C(=O)c2cn(CCOCCOCCNc3ccc4c(c3)C(=O)N(C3CCC(=O)NC3=O)C4=O)nn2)CC1. The van der Waals surface area contributed by atoms with E-state index in [4.69, 9.17) is 25.0 Å². The van der Waals surface area contributed by atoms with Crippen molar-refractivity contribution in [2.24, 2.45) is 11.7 Å². The van der Waals surface area contributed by atoms with Crippen molar-refractivity contribution >= 4 is 46.9 Å². The topological polar surface area (TPSA) is 247 Å². The highest BCUT2D eigenvalue weighted by Gasteiger charge is 2.45. The Morgan fingerprint density at radius 1 is 0.833 bits per heavy atom. The Bertz CT molecular complexity index is 2640. The van der Waals surface area contributed by atoms with Crippen molar-refractivity contribution in [3.63, 3.8) is 0 Å². The zero-order valence-corrected chi connectivity index (χ0v) is 36.0. The lowest BCUT2D eigenvalue weighted by Crippen LogP contribution is -2.54. The molecule has 5 N–H and O–H groups in total. The van der Waals surface area contributed by atoms with Gasteiger partial charge in [-0.3, -0.25) is 39.0 Å². The molecule has 0 aliphatic carbocycles. The van der Waals surface area contributed by atoms with E-state index in [1.807, 2.05) is 59.3 Å². The van der Waals surface area contributed by atoms with Gasteiger partial charge >= 0.3 is 0 Å². The van der Waals surface area contributed by atoms with Crippen LogP contribution in [0, 0.1) is 5.92 Å². The summed E-state index contributed by atoms with van der Waals surface area (Å²) in [6, 6.07) is 20.7. The number of hydrogen-bond donors (Lipinski definition) is 4. The van der Waals surface area contributed by atoms with Gasteiger partial charge in [-0.2, -0.15) is 5.10 Å². The lowest BCUT2D eigenvalue weighted by Gasteiger charge is -2.38. The molecule has 0 spiro atoms. The smallest absolute Gasteiger partial charge is 0.276 e. The van der Waals surface area contributed by atoms with Crippen LogP contribution in [0.2, 0.25) is 0 Å². The Kier molecular flexibility index (Phi) is 12.8. The van der Waals surface area contributed by atoms with Gasteiger partial charge in [0.15, 0.2) is 5.69 Å². The highest BCUT2D eigenvalue weighted by molar-refractivity contribution is 6.23. The molecule has 2 fully saturated rings. The number of ether oxygens (including phenoxy) is 3. The van der Waals surface area contributed by atoms with Gasteiger partial charge in [0.25, 0.3) is 23.6 Å². The third kappa shape index (κ3) is 9.22. The van der Waals surface area contributed by atoms with Crippen molar-refractivity contribution in [2.45, 2.75) is 50.7 Å². The number of piperidine rings is 2. The number of anilines is 2. The fourth-order valence-electron chi connectivity index (χ4n) is 8.96. The normalized spacial score (nSPS) is 18.4. The average molecular weight is 900 g/mol. The lowest BCUT2D eigenvalue weighted by molar-refractivity contribution is -0.136. The number of imide groups is 2. The number of carbonyl (C=O) groups excluding carboxylic acids is 6. The highest BCUT2D eigenvalue weighted by atomic mass is 16.5. The molecule has 6 heterocycles. The van der Waals surface area contributed by atoms with Gasteiger partial charge in [-0.05, 0) is 86.2 Å². The van der Waals surface area contributed by atoms with Gasteiger partial charge in [-0.25, -0.2) is 9.36 Å². The van der Waals surface area contributed by atoms with E-state index in [9.17, 15) is 28.8 Å². The molecule has 0 radical (unpaired) electrons. The van der Waals surface area contributed by atoms with E-state index in [0.29, 0.717) is 87.7 Å². The van der Waals surface area contributed by atoms with E-state index < -0.39 is 35.6 Å². The summed E-state index contributed by atoms with van der Waals surface area (Å²) in [5.74, 6) is -0.707. The Morgan fingerprint density at radius 2 is 1.58 bits per heavy atom. The van der Waals surface area contributed by atoms with Gasteiger partial charge in [-0.15, -0.1) is 5.10 Å². The largest absolute Gasteiger partial charge is 0.457 e. The quantitative estimate of drug-likeness (QED) is 0.0771. The molecular weight excluding hydrogens is 851 g/mol. The molecule has 1 unspecified atom stereocenters. The van der Waals surface area contributed by atoms with E-state index in [1.54, 1.807) is 34.0 Å². The van der Waals surface area contributed by atoms with Crippen molar-refractivity contribution in [3.8, 4) is 22.8 Å². The number of nitrogens with two attached hydrogens (primary N) is 1. The van der Waals surface area contributed by atoms with Gasteiger partial charge in [-0.1, -0.05) is 23.4 Å². The Hall–Kier alpha value is -7.45. The number of nitrogens with one attached hydrogen (secondary N) is 3. The second-order valence-electron chi connectivity index (χ2n) is 16.5. The van der Waals surface area contributed by atoms with E-state index in [1.165, 1.54) is 0 Å². The van der Waals surface area contributed by atoms with E-state index in [2.05, 4.69) is 26.3 Å². The second-order valence-corrected chi connectivity index (χ2v) is 16.5. The molecule has 2 saturated heterocycles. The van der Waals surface area contributed by atoms with Crippen LogP contribution in [0.25, 0.3) is 11.3 Å². The van der Waals surface area contributed by atoms with Crippen LogP contribution in [-0.4, -0.2) is 129 Å². The minimum atomic E-state index is -1.02. The molecule has 6 amide bonds. The van der Waals surface area contributed by atoms with Gasteiger partial charge < -0.3 is 35.5 Å². The van der Waals surface area contributed by atoms with Crippen LogP contribution < -0.4 is 26.4 Å². The molecule has 20 heteroatoms. The molecule has 5 aromatic rings.